The van der Waals surface area contributed by atoms with Crippen LogP contribution in [0.3, 0.4) is 0 Å². The molecule has 2 saturated heterocycles. The number of carbonyl (C=O) groups is 3. The van der Waals surface area contributed by atoms with E-state index in [0.717, 1.165) is 30.0 Å². The van der Waals surface area contributed by atoms with Gasteiger partial charge < -0.3 is 15.0 Å². The molecule has 2 aliphatic heterocycles. The number of anilines is 2. The number of ether oxygens (including phenoxy) is 1. The highest BCUT2D eigenvalue weighted by Gasteiger charge is 2.32. The monoisotopic (exact) mass is 508 g/mol. The SMILES string of the molecule is CCOC(=O)CNC(=O)C(c1ccccc1)N1CCN(c2ccc(N3CNN(C(C)C)C3=O)cc2)CC1. The van der Waals surface area contributed by atoms with E-state index in [1.165, 1.54) is 0 Å². The summed E-state index contributed by atoms with van der Waals surface area (Å²) < 4.78 is 4.95. The Morgan fingerprint density at radius 1 is 0.973 bits per heavy atom. The molecule has 0 bridgehead atoms. The number of carbonyl (C=O) groups excluding carboxylic acids is 3. The quantitative estimate of drug-likeness (QED) is 0.502. The van der Waals surface area contributed by atoms with Gasteiger partial charge in [-0.3, -0.25) is 24.4 Å². The molecule has 10 nitrogen and oxygen atoms in total. The summed E-state index contributed by atoms with van der Waals surface area (Å²) in [6, 6.07) is 17.2. The van der Waals surface area contributed by atoms with Crippen LogP contribution < -0.4 is 20.5 Å². The van der Waals surface area contributed by atoms with E-state index in [1.54, 1.807) is 16.8 Å². The highest BCUT2D eigenvalue weighted by atomic mass is 16.5. The number of hydrazine groups is 1. The van der Waals surface area contributed by atoms with E-state index in [0.29, 0.717) is 19.8 Å². The Labute approximate surface area is 218 Å². The Hall–Kier alpha value is -3.63. The number of piperazine rings is 1. The third-order valence-electron chi connectivity index (χ3n) is 6.63. The average molecular weight is 509 g/mol. The lowest BCUT2D eigenvalue weighted by Gasteiger charge is -2.39. The largest absolute Gasteiger partial charge is 0.465 e. The number of nitrogens with zero attached hydrogens (tertiary/aromatic N) is 4. The minimum atomic E-state index is -0.488. The summed E-state index contributed by atoms with van der Waals surface area (Å²) in [7, 11) is 0. The summed E-state index contributed by atoms with van der Waals surface area (Å²) in [4.78, 5) is 43.7. The molecule has 1 atom stereocenters. The van der Waals surface area contributed by atoms with Gasteiger partial charge in [-0.25, -0.2) is 10.2 Å². The molecule has 3 amide bonds. The summed E-state index contributed by atoms with van der Waals surface area (Å²) in [5, 5.41) is 4.38. The van der Waals surface area contributed by atoms with Gasteiger partial charge in [-0.1, -0.05) is 30.3 Å². The van der Waals surface area contributed by atoms with E-state index in [4.69, 9.17) is 4.74 Å². The van der Waals surface area contributed by atoms with E-state index in [1.807, 2.05) is 68.4 Å². The maximum absolute atomic E-state index is 13.1. The molecular formula is C27H36N6O4. The van der Waals surface area contributed by atoms with Gasteiger partial charge in [0.25, 0.3) is 0 Å². The molecule has 0 spiro atoms. The first-order valence-electron chi connectivity index (χ1n) is 12.8. The Morgan fingerprint density at radius 2 is 1.62 bits per heavy atom. The lowest BCUT2D eigenvalue weighted by molar-refractivity contribution is -0.144. The van der Waals surface area contributed by atoms with E-state index < -0.39 is 12.0 Å². The van der Waals surface area contributed by atoms with Crippen LogP contribution in [0.15, 0.2) is 54.6 Å². The Kier molecular flexibility index (Phi) is 8.62. The van der Waals surface area contributed by atoms with Crippen molar-refractivity contribution >= 4 is 29.3 Å². The van der Waals surface area contributed by atoms with Gasteiger partial charge in [0.1, 0.15) is 12.6 Å². The fourth-order valence-corrected chi connectivity index (χ4v) is 4.73. The van der Waals surface area contributed by atoms with Gasteiger partial charge in [0, 0.05) is 43.6 Å². The van der Waals surface area contributed by atoms with Crippen LogP contribution in [0.1, 0.15) is 32.4 Å². The summed E-state index contributed by atoms with van der Waals surface area (Å²) in [5.41, 5.74) is 5.94. The van der Waals surface area contributed by atoms with Gasteiger partial charge in [0.2, 0.25) is 5.91 Å². The molecule has 0 aliphatic carbocycles. The second kappa shape index (κ2) is 12.1. The van der Waals surface area contributed by atoms with Crippen LogP contribution in [0.5, 0.6) is 0 Å². The number of rotatable bonds is 9. The van der Waals surface area contributed by atoms with Gasteiger partial charge in [-0.15, -0.1) is 0 Å². The molecule has 4 rings (SSSR count). The lowest BCUT2D eigenvalue weighted by atomic mass is 10.0. The first-order chi connectivity index (χ1) is 17.9. The molecule has 10 heteroatoms. The molecule has 0 aromatic heterocycles. The number of hydrogen-bond donors (Lipinski definition) is 2. The highest BCUT2D eigenvalue weighted by Crippen LogP contribution is 2.27. The van der Waals surface area contributed by atoms with Crippen LogP contribution in [0.25, 0.3) is 0 Å². The maximum Gasteiger partial charge on any atom is 0.340 e. The van der Waals surface area contributed by atoms with Crippen molar-refractivity contribution in [2.75, 3.05) is 55.8 Å². The molecule has 2 aromatic rings. The molecule has 1 unspecified atom stereocenters. The smallest absolute Gasteiger partial charge is 0.340 e. The predicted octanol–water partition coefficient (Wildman–Crippen LogP) is 2.34. The zero-order chi connectivity index (χ0) is 26.4. The number of amides is 3. The van der Waals surface area contributed by atoms with Gasteiger partial charge in [-0.2, -0.15) is 0 Å². The van der Waals surface area contributed by atoms with Crippen molar-refractivity contribution in [3.8, 4) is 0 Å². The molecule has 2 fully saturated rings. The van der Waals surface area contributed by atoms with Crippen LogP contribution in [-0.2, 0) is 14.3 Å². The van der Waals surface area contributed by atoms with Crippen LogP contribution >= 0.6 is 0 Å². The third-order valence-corrected chi connectivity index (χ3v) is 6.63. The van der Waals surface area contributed by atoms with Gasteiger partial charge in [0.15, 0.2) is 0 Å². The van der Waals surface area contributed by atoms with E-state index in [9.17, 15) is 14.4 Å². The minimum absolute atomic E-state index is 0.0513. The van der Waals surface area contributed by atoms with Crippen LogP contribution in [0.4, 0.5) is 16.2 Å². The molecule has 0 radical (unpaired) electrons. The Bertz CT molecular complexity index is 1070. The minimum Gasteiger partial charge on any atom is -0.465 e. The number of benzene rings is 2. The normalized spacial score (nSPS) is 17.3. The topological polar surface area (TPSA) is 97.5 Å². The summed E-state index contributed by atoms with van der Waals surface area (Å²) in [6.07, 6.45) is 0. The number of nitrogens with one attached hydrogen (secondary N) is 2. The van der Waals surface area contributed by atoms with Crippen molar-refractivity contribution in [1.82, 2.24) is 20.7 Å². The van der Waals surface area contributed by atoms with Crippen molar-refractivity contribution in [3.63, 3.8) is 0 Å². The van der Waals surface area contributed by atoms with Crippen molar-refractivity contribution in [3.05, 3.63) is 60.2 Å². The summed E-state index contributed by atoms with van der Waals surface area (Å²) >= 11 is 0. The fourth-order valence-electron chi connectivity index (χ4n) is 4.73. The second-order valence-electron chi connectivity index (χ2n) is 9.37. The van der Waals surface area contributed by atoms with Crippen molar-refractivity contribution in [1.29, 1.82) is 0 Å². The average Bonchev–Trinajstić information content (AvgIpc) is 3.30. The number of esters is 1. The lowest BCUT2D eigenvalue weighted by Crippen LogP contribution is -2.51. The van der Waals surface area contributed by atoms with E-state index >= 15 is 0 Å². The second-order valence-corrected chi connectivity index (χ2v) is 9.37. The van der Waals surface area contributed by atoms with Crippen LogP contribution in [-0.4, -0.2) is 79.9 Å². The van der Waals surface area contributed by atoms with Crippen molar-refractivity contribution in [2.24, 2.45) is 0 Å². The zero-order valence-corrected chi connectivity index (χ0v) is 21.7. The Morgan fingerprint density at radius 3 is 2.22 bits per heavy atom. The molecule has 2 heterocycles. The third kappa shape index (κ3) is 6.20. The zero-order valence-electron chi connectivity index (χ0n) is 21.7. The van der Waals surface area contributed by atoms with E-state index in [2.05, 4.69) is 20.5 Å². The predicted molar refractivity (Wildman–Crippen MR) is 142 cm³/mol. The van der Waals surface area contributed by atoms with E-state index in [-0.39, 0.29) is 31.1 Å². The Balaban J connectivity index is 1.39. The molecular weight excluding hydrogens is 472 g/mol. The standard InChI is InChI=1S/C27H36N6O4/c1-4-37-24(34)18-28-26(35)25(21-8-6-5-7-9-21)31-16-14-30(15-17-31)22-10-12-23(13-11-22)32-19-29-33(20(2)3)27(32)36/h5-13,20,25,29H,4,14-19H2,1-3H3,(H,28,35). The van der Waals surface area contributed by atoms with Crippen LogP contribution in [0.2, 0.25) is 0 Å². The molecule has 198 valence electrons. The first-order valence-corrected chi connectivity index (χ1v) is 12.8. The van der Waals surface area contributed by atoms with Gasteiger partial charge in [-0.05, 0) is 50.6 Å². The molecule has 0 saturated carbocycles. The summed E-state index contributed by atoms with van der Waals surface area (Å²) in [6.45, 7) is 9.15. The van der Waals surface area contributed by atoms with Crippen molar-refractivity contribution in [2.45, 2.75) is 32.9 Å². The van der Waals surface area contributed by atoms with Crippen LogP contribution in [0, 0.1) is 0 Å². The highest BCUT2D eigenvalue weighted by molar-refractivity contribution is 5.93. The van der Waals surface area contributed by atoms with Crippen molar-refractivity contribution < 1.29 is 19.1 Å². The number of hydrogen-bond acceptors (Lipinski definition) is 7. The molecule has 2 N–H and O–H groups in total. The maximum atomic E-state index is 13.1. The summed E-state index contributed by atoms with van der Waals surface area (Å²) in [5.74, 6) is -0.657. The fraction of sp³-hybridized carbons (Fsp3) is 0.444. The van der Waals surface area contributed by atoms with Gasteiger partial charge >= 0.3 is 12.0 Å². The molecule has 37 heavy (non-hydrogen) atoms. The molecule has 2 aromatic carbocycles. The first kappa shape index (κ1) is 26.4. The van der Waals surface area contributed by atoms with Gasteiger partial charge in [0.05, 0.1) is 13.3 Å². The molecule has 2 aliphatic rings. The number of urea groups is 1.